The molecule has 2 aromatic heterocycles. The Balaban J connectivity index is 1.72. The van der Waals surface area contributed by atoms with Crippen molar-refractivity contribution in [2.45, 2.75) is 6.54 Å². The highest BCUT2D eigenvalue weighted by Crippen LogP contribution is 2.34. The van der Waals surface area contributed by atoms with Gasteiger partial charge < -0.3 is 4.90 Å². The highest BCUT2D eigenvalue weighted by atomic mass is 32.1. The lowest BCUT2D eigenvalue weighted by Gasteiger charge is -2.18. The van der Waals surface area contributed by atoms with Crippen LogP contribution < -0.4 is 4.90 Å². The van der Waals surface area contributed by atoms with Crippen LogP contribution in [0.1, 0.15) is 5.56 Å². The molecule has 4 rings (SSSR count). The van der Waals surface area contributed by atoms with Crippen molar-refractivity contribution in [3.8, 4) is 11.3 Å². The maximum Gasteiger partial charge on any atom is 0.151 e. The molecule has 0 fully saturated rings. The lowest BCUT2D eigenvalue weighted by atomic mass is 10.1. The molecule has 4 aromatic rings. The number of hydrogen-bond donors (Lipinski definition) is 0. The molecule has 25 heavy (non-hydrogen) atoms. The summed E-state index contributed by atoms with van der Waals surface area (Å²) in [5.41, 5.74) is 3.61. The Morgan fingerprint density at radius 2 is 1.76 bits per heavy atom. The second kappa shape index (κ2) is 6.57. The number of halogens is 1. The number of nitrogens with zero attached hydrogens (tertiary/aromatic N) is 4. The van der Waals surface area contributed by atoms with Crippen LogP contribution in [0.15, 0.2) is 60.9 Å². The van der Waals surface area contributed by atoms with Gasteiger partial charge in [-0.2, -0.15) is 4.37 Å². The van der Waals surface area contributed by atoms with Crippen molar-refractivity contribution in [3.63, 3.8) is 0 Å². The smallest absolute Gasteiger partial charge is 0.151 e. The van der Waals surface area contributed by atoms with Crippen LogP contribution in [0.3, 0.4) is 0 Å². The van der Waals surface area contributed by atoms with Crippen LogP contribution in [0, 0.1) is 5.82 Å². The Morgan fingerprint density at radius 1 is 1.00 bits per heavy atom. The number of aromatic nitrogens is 3. The molecule has 0 radical (unpaired) electrons. The molecule has 0 aliphatic heterocycles. The van der Waals surface area contributed by atoms with Crippen molar-refractivity contribution in [1.29, 1.82) is 0 Å². The molecule has 0 atom stereocenters. The molecule has 0 unspecified atom stereocenters. The number of benzene rings is 2. The van der Waals surface area contributed by atoms with Gasteiger partial charge >= 0.3 is 0 Å². The van der Waals surface area contributed by atoms with Crippen LogP contribution in [-0.4, -0.2) is 21.4 Å². The summed E-state index contributed by atoms with van der Waals surface area (Å²) in [4.78, 5) is 10.9. The van der Waals surface area contributed by atoms with Crippen LogP contribution in [0.2, 0.25) is 0 Å². The van der Waals surface area contributed by atoms with E-state index in [1.807, 2.05) is 25.2 Å². The van der Waals surface area contributed by atoms with Crippen molar-refractivity contribution < 1.29 is 4.39 Å². The van der Waals surface area contributed by atoms with E-state index in [4.69, 9.17) is 0 Å². The van der Waals surface area contributed by atoms with Crippen molar-refractivity contribution in [2.24, 2.45) is 0 Å². The van der Waals surface area contributed by atoms with E-state index in [-0.39, 0.29) is 5.82 Å². The molecule has 0 spiro atoms. The Kier molecular flexibility index (Phi) is 4.11. The fraction of sp³-hybridized carbons (Fsp3) is 0.105. The second-order valence-electron chi connectivity index (χ2n) is 5.75. The van der Waals surface area contributed by atoms with E-state index in [1.165, 1.54) is 29.2 Å². The summed E-state index contributed by atoms with van der Waals surface area (Å²) in [5, 5.41) is 0. The van der Waals surface area contributed by atoms with E-state index in [0.717, 1.165) is 33.8 Å². The molecule has 2 aromatic carbocycles. The predicted octanol–water partition coefficient (Wildman–Crippen LogP) is 4.53. The number of hydrogen-bond acceptors (Lipinski definition) is 5. The lowest BCUT2D eigenvalue weighted by Crippen LogP contribution is -2.17. The summed E-state index contributed by atoms with van der Waals surface area (Å²) >= 11 is 1.37. The minimum atomic E-state index is -0.263. The molecular weight excluding hydrogens is 335 g/mol. The average molecular weight is 350 g/mol. The van der Waals surface area contributed by atoms with Gasteiger partial charge in [0.2, 0.25) is 0 Å². The predicted molar refractivity (Wildman–Crippen MR) is 99.2 cm³/mol. The molecule has 0 aliphatic rings. The average Bonchev–Trinajstić information content (AvgIpc) is 3.07. The first-order valence-electron chi connectivity index (χ1n) is 7.84. The Labute approximate surface area is 148 Å². The third-order valence-corrected chi connectivity index (χ3v) is 4.81. The third kappa shape index (κ3) is 3.08. The molecule has 6 heteroatoms. The van der Waals surface area contributed by atoms with Crippen LogP contribution in [0.25, 0.3) is 21.5 Å². The molecule has 0 saturated carbocycles. The topological polar surface area (TPSA) is 41.9 Å². The van der Waals surface area contributed by atoms with Gasteiger partial charge in [-0.1, -0.05) is 30.3 Å². The van der Waals surface area contributed by atoms with Gasteiger partial charge in [-0.05, 0) is 41.4 Å². The van der Waals surface area contributed by atoms with E-state index in [0.29, 0.717) is 0 Å². The van der Waals surface area contributed by atoms with Crippen LogP contribution in [0.5, 0.6) is 0 Å². The summed E-state index contributed by atoms with van der Waals surface area (Å²) in [6, 6.07) is 16.5. The summed E-state index contributed by atoms with van der Waals surface area (Å²) in [6.45, 7) is 0.747. The molecule has 2 heterocycles. The van der Waals surface area contributed by atoms with Crippen LogP contribution in [-0.2, 0) is 6.54 Å². The summed E-state index contributed by atoms with van der Waals surface area (Å²) < 4.78 is 18.6. The van der Waals surface area contributed by atoms with Gasteiger partial charge in [-0.3, -0.25) is 0 Å². The van der Waals surface area contributed by atoms with Crippen LogP contribution >= 0.6 is 11.5 Å². The van der Waals surface area contributed by atoms with Crippen molar-refractivity contribution in [1.82, 2.24) is 14.3 Å². The minimum Gasteiger partial charge on any atom is -0.354 e. The molecule has 4 nitrogen and oxygen atoms in total. The Bertz CT molecular complexity index is 999. The fourth-order valence-electron chi connectivity index (χ4n) is 2.75. The number of fused-ring (bicyclic) bond motifs is 1. The standard InChI is InChI=1S/C19H15FN4S/c1-24(11-13-5-3-2-4-6-13)19-18-17(21-12-22-19)16(23-25-18)14-7-9-15(20)10-8-14/h2-10,12H,11H2,1H3. The van der Waals surface area contributed by atoms with Crippen LogP contribution in [0.4, 0.5) is 10.2 Å². The van der Waals surface area contributed by atoms with Gasteiger partial charge in [0.25, 0.3) is 0 Å². The maximum atomic E-state index is 13.2. The van der Waals surface area contributed by atoms with Gasteiger partial charge in [-0.15, -0.1) is 0 Å². The zero-order valence-corrected chi connectivity index (χ0v) is 14.4. The first-order valence-corrected chi connectivity index (χ1v) is 8.61. The highest BCUT2D eigenvalue weighted by Gasteiger charge is 2.16. The summed E-state index contributed by atoms with van der Waals surface area (Å²) in [5.74, 6) is 0.584. The second-order valence-corrected chi connectivity index (χ2v) is 6.53. The molecule has 0 saturated heterocycles. The number of anilines is 1. The summed E-state index contributed by atoms with van der Waals surface area (Å²) in [6.07, 6.45) is 1.56. The van der Waals surface area contributed by atoms with E-state index in [9.17, 15) is 4.39 Å². The van der Waals surface area contributed by atoms with Gasteiger partial charge in [0.05, 0.1) is 0 Å². The van der Waals surface area contributed by atoms with E-state index >= 15 is 0 Å². The van der Waals surface area contributed by atoms with Crippen molar-refractivity contribution in [2.75, 3.05) is 11.9 Å². The quantitative estimate of drug-likeness (QED) is 0.542. The first kappa shape index (κ1) is 15.7. The van der Waals surface area contributed by atoms with E-state index < -0.39 is 0 Å². The lowest BCUT2D eigenvalue weighted by molar-refractivity contribution is 0.628. The molecule has 0 bridgehead atoms. The first-order chi connectivity index (χ1) is 12.2. The highest BCUT2D eigenvalue weighted by molar-refractivity contribution is 7.14. The normalized spacial score (nSPS) is 11.0. The maximum absolute atomic E-state index is 13.2. The van der Waals surface area contributed by atoms with Gasteiger partial charge in [0.15, 0.2) is 5.82 Å². The molecular formula is C19H15FN4S. The molecule has 0 aliphatic carbocycles. The van der Waals surface area contributed by atoms with Crippen molar-refractivity contribution in [3.05, 3.63) is 72.3 Å². The number of rotatable bonds is 4. The summed E-state index contributed by atoms with van der Waals surface area (Å²) in [7, 11) is 2.01. The SMILES string of the molecule is CN(Cc1ccccc1)c1ncnc2c(-c3ccc(F)cc3)nsc12. The Morgan fingerprint density at radius 3 is 2.52 bits per heavy atom. The van der Waals surface area contributed by atoms with Gasteiger partial charge in [0.1, 0.15) is 28.1 Å². The molecule has 0 amide bonds. The zero-order valence-electron chi connectivity index (χ0n) is 13.6. The third-order valence-electron chi connectivity index (χ3n) is 3.98. The molecule has 124 valence electrons. The Hall–Kier alpha value is -2.86. The van der Waals surface area contributed by atoms with E-state index in [1.54, 1.807) is 18.5 Å². The fourth-order valence-corrected chi connectivity index (χ4v) is 3.65. The minimum absolute atomic E-state index is 0.263. The van der Waals surface area contributed by atoms with E-state index in [2.05, 4.69) is 31.4 Å². The van der Waals surface area contributed by atoms with Crippen molar-refractivity contribution >= 4 is 27.6 Å². The van der Waals surface area contributed by atoms with Gasteiger partial charge in [-0.25, -0.2) is 14.4 Å². The zero-order chi connectivity index (χ0) is 17.2. The largest absolute Gasteiger partial charge is 0.354 e. The molecule has 0 N–H and O–H groups in total. The van der Waals surface area contributed by atoms with Gasteiger partial charge in [0, 0.05) is 19.2 Å². The monoisotopic (exact) mass is 350 g/mol.